The van der Waals surface area contributed by atoms with Crippen LogP contribution in [0.15, 0.2) is 24.3 Å². The number of hydrogen-bond donors (Lipinski definition) is 1. The van der Waals surface area contributed by atoms with Crippen LogP contribution < -0.4 is 0 Å². The van der Waals surface area contributed by atoms with Gasteiger partial charge in [0.15, 0.2) is 0 Å². The summed E-state index contributed by atoms with van der Waals surface area (Å²) in [4.78, 5) is 26.4. The van der Waals surface area contributed by atoms with Gasteiger partial charge in [0.25, 0.3) is 0 Å². The van der Waals surface area contributed by atoms with Crippen LogP contribution in [-0.4, -0.2) is 46.5 Å². The van der Waals surface area contributed by atoms with E-state index in [4.69, 9.17) is 6.42 Å². The summed E-state index contributed by atoms with van der Waals surface area (Å²) < 4.78 is 0. The Balaban J connectivity index is 2.29. The van der Waals surface area contributed by atoms with Crippen molar-refractivity contribution in [2.75, 3.05) is 13.6 Å². The van der Waals surface area contributed by atoms with Gasteiger partial charge < -0.3 is 14.9 Å². The second-order valence-electron chi connectivity index (χ2n) is 4.80. The lowest BCUT2D eigenvalue weighted by Gasteiger charge is -2.36. The van der Waals surface area contributed by atoms with E-state index in [0.29, 0.717) is 13.0 Å². The zero-order valence-electron chi connectivity index (χ0n) is 11.2. The second-order valence-corrected chi connectivity index (χ2v) is 4.80. The highest BCUT2D eigenvalue weighted by atomic mass is 16.4. The number of rotatable bonds is 2. The predicted molar refractivity (Wildman–Crippen MR) is 74.0 cm³/mol. The fourth-order valence-corrected chi connectivity index (χ4v) is 2.37. The van der Waals surface area contributed by atoms with Crippen LogP contribution in [0.4, 0.5) is 4.79 Å². The molecule has 1 aromatic carbocycles. The molecule has 0 radical (unpaired) electrons. The lowest BCUT2D eigenvalue weighted by molar-refractivity contribution is -0.142. The molecular formula is C15H16N2O3. The number of carbonyl (C=O) groups is 2. The Kier molecular flexibility index (Phi) is 3.94. The summed E-state index contributed by atoms with van der Waals surface area (Å²) in [6.45, 7) is 0.449. The maximum atomic E-state index is 12.3. The minimum Gasteiger partial charge on any atom is -0.480 e. The van der Waals surface area contributed by atoms with E-state index < -0.39 is 12.0 Å². The van der Waals surface area contributed by atoms with E-state index in [1.807, 2.05) is 24.3 Å². The fraction of sp³-hybridized carbons (Fsp3) is 0.333. The number of urea groups is 1. The first-order valence-electron chi connectivity index (χ1n) is 6.29. The van der Waals surface area contributed by atoms with Gasteiger partial charge in [0.1, 0.15) is 6.04 Å². The Labute approximate surface area is 117 Å². The van der Waals surface area contributed by atoms with Gasteiger partial charge in [0.05, 0.1) is 6.54 Å². The van der Waals surface area contributed by atoms with E-state index in [9.17, 15) is 14.7 Å². The highest BCUT2D eigenvalue weighted by Crippen LogP contribution is 2.24. The molecule has 1 N–H and O–H groups in total. The minimum atomic E-state index is -0.998. The van der Waals surface area contributed by atoms with Gasteiger partial charge >= 0.3 is 12.0 Å². The average molecular weight is 272 g/mol. The molecule has 0 bridgehead atoms. The molecule has 0 aromatic heterocycles. The van der Waals surface area contributed by atoms with E-state index in [1.165, 1.54) is 9.80 Å². The molecule has 0 aliphatic carbocycles. The number of carbonyl (C=O) groups excluding carboxylic acids is 1. The van der Waals surface area contributed by atoms with Crippen LogP contribution in [-0.2, 0) is 17.8 Å². The second kappa shape index (κ2) is 5.66. The zero-order chi connectivity index (χ0) is 14.7. The lowest BCUT2D eigenvalue weighted by Crippen LogP contribution is -2.52. The van der Waals surface area contributed by atoms with Crippen molar-refractivity contribution in [1.29, 1.82) is 0 Å². The molecule has 1 unspecified atom stereocenters. The molecule has 0 saturated heterocycles. The van der Waals surface area contributed by atoms with Crippen LogP contribution in [0.5, 0.6) is 0 Å². The molecule has 20 heavy (non-hydrogen) atoms. The van der Waals surface area contributed by atoms with E-state index in [2.05, 4.69) is 5.92 Å². The van der Waals surface area contributed by atoms with Gasteiger partial charge in [-0.1, -0.05) is 30.2 Å². The molecule has 1 heterocycles. The van der Waals surface area contributed by atoms with Crippen molar-refractivity contribution in [3.8, 4) is 12.3 Å². The van der Waals surface area contributed by atoms with E-state index >= 15 is 0 Å². The molecule has 0 spiro atoms. The van der Waals surface area contributed by atoms with Crippen LogP contribution in [0.25, 0.3) is 0 Å². The summed E-state index contributed by atoms with van der Waals surface area (Å²) in [5.41, 5.74) is 1.95. The van der Waals surface area contributed by atoms with Crippen molar-refractivity contribution in [3.05, 3.63) is 35.4 Å². The molecule has 2 amide bonds. The van der Waals surface area contributed by atoms with Crippen LogP contribution in [0.2, 0.25) is 0 Å². The third-order valence-corrected chi connectivity index (χ3v) is 3.43. The number of benzene rings is 1. The number of carboxylic acid groups (broad SMARTS) is 1. The molecule has 1 aliphatic rings. The lowest BCUT2D eigenvalue weighted by atomic mass is 9.94. The Morgan fingerprint density at radius 1 is 1.45 bits per heavy atom. The Morgan fingerprint density at radius 3 is 2.70 bits per heavy atom. The standard InChI is InChI=1S/C15H16N2O3/c1-3-8-16(2)15(20)17-10-12-7-5-4-6-11(12)9-13(17)14(18)19/h1,4-7,13H,8-10H2,2H3,(H,18,19). The van der Waals surface area contributed by atoms with E-state index in [1.54, 1.807) is 7.05 Å². The van der Waals surface area contributed by atoms with Crippen molar-refractivity contribution >= 4 is 12.0 Å². The predicted octanol–water partition coefficient (Wildman–Crippen LogP) is 1.18. The fourth-order valence-electron chi connectivity index (χ4n) is 2.37. The Bertz CT molecular complexity index is 577. The topological polar surface area (TPSA) is 60.9 Å². The summed E-state index contributed by atoms with van der Waals surface area (Å²) in [6.07, 6.45) is 5.51. The van der Waals surface area contributed by atoms with Crippen molar-refractivity contribution < 1.29 is 14.7 Å². The van der Waals surface area contributed by atoms with E-state index in [0.717, 1.165) is 11.1 Å². The van der Waals surface area contributed by atoms with Gasteiger partial charge in [-0.3, -0.25) is 0 Å². The van der Waals surface area contributed by atoms with Gasteiger partial charge in [0, 0.05) is 20.0 Å². The summed E-state index contributed by atoms with van der Waals surface area (Å²) in [7, 11) is 1.57. The third-order valence-electron chi connectivity index (χ3n) is 3.43. The van der Waals surface area contributed by atoms with Gasteiger partial charge in [0.2, 0.25) is 0 Å². The maximum absolute atomic E-state index is 12.3. The number of carboxylic acids is 1. The first-order valence-corrected chi connectivity index (χ1v) is 6.29. The average Bonchev–Trinajstić information content (AvgIpc) is 2.45. The largest absolute Gasteiger partial charge is 0.480 e. The zero-order valence-corrected chi connectivity index (χ0v) is 11.2. The molecule has 5 nitrogen and oxygen atoms in total. The molecule has 1 aromatic rings. The van der Waals surface area contributed by atoms with Gasteiger partial charge in [-0.25, -0.2) is 9.59 Å². The number of amides is 2. The number of fused-ring (bicyclic) bond motifs is 1. The normalized spacial score (nSPS) is 17.0. The van der Waals surface area contributed by atoms with Crippen molar-refractivity contribution in [2.24, 2.45) is 0 Å². The van der Waals surface area contributed by atoms with Crippen molar-refractivity contribution in [2.45, 2.75) is 19.0 Å². The maximum Gasteiger partial charge on any atom is 0.326 e. The minimum absolute atomic E-state index is 0.156. The van der Waals surface area contributed by atoms with Crippen molar-refractivity contribution in [3.63, 3.8) is 0 Å². The molecule has 0 fully saturated rings. The molecule has 1 atom stereocenters. The molecular weight excluding hydrogens is 256 g/mol. The van der Waals surface area contributed by atoms with E-state index in [-0.39, 0.29) is 12.6 Å². The molecule has 5 heteroatoms. The number of nitrogens with zero attached hydrogens (tertiary/aromatic N) is 2. The van der Waals surface area contributed by atoms with Gasteiger partial charge in [-0.2, -0.15) is 0 Å². The summed E-state index contributed by atoms with van der Waals surface area (Å²) in [5, 5.41) is 9.34. The number of aliphatic carboxylic acids is 1. The highest BCUT2D eigenvalue weighted by Gasteiger charge is 2.35. The van der Waals surface area contributed by atoms with Crippen LogP contribution in [0, 0.1) is 12.3 Å². The third kappa shape index (κ3) is 2.59. The SMILES string of the molecule is C#CCN(C)C(=O)N1Cc2ccccc2CC1C(=O)O. The smallest absolute Gasteiger partial charge is 0.326 e. The molecule has 1 aliphatic heterocycles. The summed E-state index contributed by atoms with van der Waals surface area (Å²) >= 11 is 0. The van der Waals surface area contributed by atoms with Crippen LogP contribution >= 0.6 is 0 Å². The van der Waals surface area contributed by atoms with Crippen LogP contribution in [0.3, 0.4) is 0 Å². The monoisotopic (exact) mass is 272 g/mol. The Morgan fingerprint density at radius 2 is 2.10 bits per heavy atom. The molecule has 104 valence electrons. The number of hydrogen-bond acceptors (Lipinski definition) is 2. The Hall–Kier alpha value is -2.48. The number of terminal acetylenes is 1. The first-order chi connectivity index (χ1) is 9.54. The van der Waals surface area contributed by atoms with Gasteiger partial charge in [-0.05, 0) is 11.1 Å². The highest BCUT2D eigenvalue weighted by molar-refractivity contribution is 5.83. The van der Waals surface area contributed by atoms with Crippen LogP contribution in [0.1, 0.15) is 11.1 Å². The van der Waals surface area contributed by atoms with Crippen molar-refractivity contribution in [1.82, 2.24) is 9.80 Å². The molecule has 2 rings (SSSR count). The summed E-state index contributed by atoms with van der Waals surface area (Å²) in [6, 6.07) is 6.36. The quantitative estimate of drug-likeness (QED) is 0.822. The van der Waals surface area contributed by atoms with Gasteiger partial charge in [-0.15, -0.1) is 6.42 Å². The summed E-state index contributed by atoms with van der Waals surface area (Å²) in [5.74, 6) is 1.38. The molecule has 0 saturated carbocycles. The first kappa shape index (κ1) is 13.9.